The van der Waals surface area contributed by atoms with Crippen LogP contribution < -0.4 is 14.2 Å². The van der Waals surface area contributed by atoms with Gasteiger partial charge in [0.25, 0.3) is 0 Å². The number of hydrogen-bond donors (Lipinski definition) is 1. The maximum atomic E-state index is 12.4. The highest BCUT2D eigenvalue weighted by atomic mass is 32.2. The summed E-state index contributed by atoms with van der Waals surface area (Å²) in [6.45, 7) is 2.28. The summed E-state index contributed by atoms with van der Waals surface area (Å²) in [5.41, 5.74) is 0.599. The second-order valence-corrected chi connectivity index (χ2v) is 7.23. The van der Waals surface area contributed by atoms with E-state index in [1.165, 1.54) is 25.2 Å². The highest BCUT2D eigenvalue weighted by molar-refractivity contribution is 7.86. The predicted molar refractivity (Wildman–Crippen MR) is 101 cm³/mol. The Morgan fingerprint density at radius 1 is 1.18 bits per heavy atom. The highest BCUT2D eigenvalue weighted by Gasteiger charge is 2.17. The summed E-state index contributed by atoms with van der Waals surface area (Å²) in [5.74, 6) is -0.290. The molecular formula is C17H26N2O8S. The van der Waals surface area contributed by atoms with Gasteiger partial charge in [-0.25, -0.2) is 4.79 Å². The van der Waals surface area contributed by atoms with Gasteiger partial charge >= 0.3 is 22.1 Å². The first-order valence-electron chi connectivity index (χ1n) is 8.43. The van der Waals surface area contributed by atoms with E-state index in [1.807, 2.05) is 0 Å². The van der Waals surface area contributed by atoms with Crippen LogP contribution in [0.4, 0.5) is 4.79 Å². The van der Waals surface area contributed by atoms with Gasteiger partial charge in [0.2, 0.25) is 0 Å². The van der Waals surface area contributed by atoms with E-state index in [1.54, 1.807) is 19.1 Å². The highest BCUT2D eigenvalue weighted by Crippen LogP contribution is 2.29. The third-order valence-electron chi connectivity index (χ3n) is 3.38. The van der Waals surface area contributed by atoms with Crippen LogP contribution in [0.3, 0.4) is 0 Å². The molecule has 1 aromatic carbocycles. The number of nitrogens with one attached hydrogen (secondary N) is 1. The molecule has 2 amide bonds. The Morgan fingerprint density at radius 3 is 2.46 bits per heavy atom. The van der Waals surface area contributed by atoms with Gasteiger partial charge in [0.05, 0.1) is 26.6 Å². The summed E-state index contributed by atoms with van der Waals surface area (Å²) in [6.07, 6.45) is 0.923. The van der Waals surface area contributed by atoms with Crippen molar-refractivity contribution >= 4 is 22.1 Å². The second kappa shape index (κ2) is 11.3. The van der Waals surface area contributed by atoms with Gasteiger partial charge in [-0.2, -0.15) is 8.42 Å². The van der Waals surface area contributed by atoms with Crippen LogP contribution in [-0.2, 0) is 30.9 Å². The Kier molecular flexibility index (Phi) is 9.52. The molecule has 0 aliphatic carbocycles. The zero-order chi connectivity index (χ0) is 21.2. The maximum Gasteiger partial charge on any atom is 0.325 e. The minimum atomic E-state index is -3.75. The van der Waals surface area contributed by atoms with Gasteiger partial charge in [-0.1, -0.05) is 6.07 Å². The number of nitrogens with zero attached hydrogens (tertiary/aromatic N) is 1. The largest absolute Gasteiger partial charge is 0.493 e. The lowest BCUT2D eigenvalue weighted by molar-refractivity contribution is -0.141. The number of methoxy groups -OCH3 is 2. The molecule has 0 atom stereocenters. The minimum Gasteiger partial charge on any atom is -0.493 e. The van der Waals surface area contributed by atoms with Crippen LogP contribution in [0.1, 0.15) is 12.5 Å². The number of benzene rings is 1. The van der Waals surface area contributed by atoms with E-state index in [4.69, 9.17) is 18.4 Å². The summed E-state index contributed by atoms with van der Waals surface area (Å²) >= 11 is 0. The first-order valence-corrected chi connectivity index (χ1v) is 10.3. The minimum absolute atomic E-state index is 0.0149. The number of ether oxygens (including phenoxy) is 3. The van der Waals surface area contributed by atoms with Gasteiger partial charge in [0, 0.05) is 20.2 Å². The number of carbonyl (C=O) groups is 2. The summed E-state index contributed by atoms with van der Waals surface area (Å²) in [6, 6.07) is 4.19. The fourth-order valence-electron chi connectivity index (χ4n) is 2.19. The van der Waals surface area contributed by atoms with Crippen LogP contribution in [0.25, 0.3) is 0 Å². The van der Waals surface area contributed by atoms with E-state index in [0.717, 1.165) is 6.26 Å². The molecule has 28 heavy (non-hydrogen) atoms. The average Bonchev–Trinajstić information content (AvgIpc) is 2.62. The fraction of sp³-hybridized carbons (Fsp3) is 0.529. The average molecular weight is 418 g/mol. The van der Waals surface area contributed by atoms with Crippen molar-refractivity contribution in [3.8, 4) is 11.5 Å². The monoisotopic (exact) mass is 418 g/mol. The first-order chi connectivity index (χ1) is 13.2. The summed E-state index contributed by atoms with van der Waals surface area (Å²) in [4.78, 5) is 25.2. The van der Waals surface area contributed by atoms with Gasteiger partial charge < -0.3 is 28.6 Å². The zero-order valence-electron chi connectivity index (χ0n) is 16.4. The Bertz CT molecular complexity index is 766. The maximum absolute atomic E-state index is 12.4. The number of hydrogen-bond acceptors (Lipinski definition) is 8. The van der Waals surface area contributed by atoms with Gasteiger partial charge in [-0.3, -0.25) is 4.79 Å². The Morgan fingerprint density at radius 2 is 1.89 bits per heavy atom. The zero-order valence-corrected chi connectivity index (χ0v) is 17.2. The molecule has 1 aromatic rings. The van der Waals surface area contributed by atoms with Crippen molar-refractivity contribution in [2.24, 2.45) is 0 Å². The molecule has 0 spiro atoms. The van der Waals surface area contributed by atoms with E-state index >= 15 is 0 Å². The van der Waals surface area contributed by atoms with Crippen molar-refractivity contribution in [2.45, 2.75) is 13.5 Å². The third-order valence-corrected chi connectivity index (χ3v) is 3.87. The molecule has 0 bridgehead atoms. The topological polar surface area (TPSA) is 120 Å². The Balaban J connectivity index is 2.94. The Hall–Kier alpha value is -2.53. The van der Waals surface area contributed by atoms with E-state index in [0.29, 0.717) is 5.56 Å². The first kappa shape index (κ1) is 23.5. The molecule has 0 unspecified atom stereocenters. The summed E-state index contributed by atoms with van der Waals surface area (Å²) in [7, 11) is -0.867. The summed E-state index contributed by atoms with van der Waals surface area (Å²) < 4.78 is 42.7. The Labute approximate surface area is 164 Å². The van der Waals surface area contributed by atoms with Gasteiger partial charge in [0.1, 0.15) is 6.54 Å². The van der Waals surface area contributed by atoms with Crippen LogP contribution >= 0.6 is 0 Å². The second-order valence-electron chi connectivity index (χ2n) is 5.65. The molecule has 10 nitrogen and oxygen atoms in total. The van der Waals surface area contributed by atoms with Gasteiger partial charge in [-0.15, -0.1) is 0 Å². The van der Waals surface area contributed by atoms with Crippen LogP contribution in [0.15, 0.2) is 18.2 Å². The standard InChI is InChI=1S/C17H26N2O8S/c1-5-26-16(20)11-18-17(21)19(8-9-24-2)12-13-6-7-14(25-3)15(10-13)27-28(4,22)23/h6-7,10H,5,8-9,11-12H2,1-4H3,(H,18,21). The number of carbonyl (C=O) groups excluding carboxylic acids is 2. The van der Waals surface area contributed by atoms with Crippen LogP contribution in [-0.4, -0.2) is 72.1 Å². The molecule has 0 saturated heterocycles. The van der Waals surface area contributed by atoms with Crippen molar-refractivity contribution in [1.29, 1.82) is 0 Å². The van der Waals surface area contributed by atoms with Gasteiger partial charge in [-0.05, 0) is 24.6 Å². The smallest absolute Gasteiger partial charge is 0.325 e. The van der Waals surface area contributed by atoms with Crippen molar-refractivity contribution < 1.29 is 36.4 Å². The normalized spacial score (nSPS) is 10.9. The van der Waals surface area contributed by atoms with E-state index in [9.17, 15) is 18.0 Å². The molecule has 0 aliphatic rings. The van der Waals surface area contributed by atoms with Crippen molar-refractivity contribution in [1.82, 2.24) is 10.2 Å². The van der Waals surface area contributed by atoms with Crippen molar-refractivity contribution in [2.75, 3.05) is 46.8 Å². The lowest BCUT2D eigenvalue weighted by atomic mass is 10.2. The number of amides is 2. The lowest BCUT2D eigenvalue weighted by Crippen LogP contribution is -2.43. The number of urea groups is 1. The molecule has 158 valence electrons. The molecule has 0 aromatic heterocycles. The SMILES string of the molecule is CCOC(=O)CNC(=O)N(CCOC)Cc1ccc(OC)c(OS(C)(=O)=O)c1. The molecular weight excluding hydrogens is 392 g/mol. The molecule has 0 fully saturated rings. The molecule has 0 saturated carbocycles. The number of esters is 1. The molecule has 1 rings (SSSR count). The number of rotatable bonds is 11. The molecule has 11 heteroatoms. The fourth-order valence-corrected chi connectivity index (χ4v) is 2.65. The van der Waals surface area contributed by atoms with Gasteiger partial charge in [0.15, 0.2) is 11.5 Å². The molecule has 0 heterocycles. The molecule has 0 radical (unpaired) electrons. The van der Waals surface area contributed by atoms with E-state index in [-0.39, 0.29) is 44.3 Å². The molecule has 0 aliphatic heterocycles. The summed E-state index contributed by atoms with van der Waals surface area (Å²) in [5, 5.41) is 2.48. The van der Waals surface area contributed by atoms with Crippen molar-refractivity contribution in [3.63, 3.8) is 0 Å². The quantitative estimate of drug-likeness (QED) is 0.413. The third kappa shape index (κ3) is 8.44. The lowest BCUT2D eigenvalue weighted by Gasteiger charge is -2.23. The van der Waals surface area contributed by atoms with Crippen LogP contribution in [0.5, 0.6) is 11.5 Å². The van der Waals surface area contributed by atoms with Crippen LogP contribution in [0, 0.1) is 0 Å². The van der Waals surface area contributed by atoms with Crippen molar-refractivity contribution in [3.05, 3.63) is 23.8 Å². The van der Waals surface area contributed by atoms with Crippen LogP contribution in [0.2, 0.25) is 0 Å². The predicted octanol–water partition coefficient (Wildman–Crippen LogP) is 0.755. The van der Waals surface area contributed by atoms with E-state index in [2.05, 4.69) is 5.32 Å². The molecule has 1 N–H and O–H groups in total. The van der Waals surface area contributed by atoms with E-state index < -0.39 is 22.1 Å².